The summed E-state index contributed by atoms with van der Waals surface area (Å²) in [5.74, 6) is 1.89. The van der Waals surface area contributed by atoms with Crippen LogP contribution in [0.1, 0.15) is 31.7 Å². The second kappa shape index (κ2) is 9.71. The van der Waals surface area contributed by atoms with E-state index < -0.39 is 0 Å². The maximum absolute atomic E-state index is 5.68. The molecule has 0 amide bonds. The van der Waals surface area contributed by atoms with Crippen LogP contribution in [0.15, 0.2) is 29.3 Å². The Bertz CT molecular complexity index is 507. The first-order chi connectivity index (χ1) is 11.3. The highest BCUT2D eigenvalue weighted by atomic mass is 32.2. The molecular weight excluding hydrogens is 306 g/mol. The molecule has 23 heavy (non-hydrogen) atoms. The third kappa shape index (κ3) is 5.65. The van der Waals surface area contributed by atoms with Crippen LogP contribution in [0.4, 0.5) is 0 Å². The molecule has 1 fully saturated rings. The normalized spacial score (nSPS) is 21.3. The molecular formula is C18H29N3OS. The van der Waals surface area contributed by atoms with Crippen LogP contribution in [0.5, 0.6) is 5.75 Å². The Morgan fingerprint density at radius 3 is 2.87 bits per heavy atom. The Morgan fingerprint density at radius 2 is 2.17 bits per heavy atom. The molecule has 0 aromatic heterocycles. The molecule has 0 radical (unpaired) electrons. The average molecular weight is 336 g/mol. The third-order valence-electron chi connectivity index (χ3n) is 4.24. The molecule has 2 unspecified atom stereocenters. The molecule has 1 saturated carbocycles. The standard InChI is InChI=1S/C18H29N3OS/c1-4-22-17-8-6-5-7-14(17)11-12-20-18(19-2)21-15-9-10-16(13-15)23-3/h5-8,15-16H,4,9-13H2,1-3H3,(H2,19,20,21). The maximum atomic E-state index is 5.68. The van der Waals surface area contributed by atoms with Crippen molar-refractivity contribution in [2.24, 2.45) is 4.99 Å². The van der Waals surface area contributed by atoms with Gasteiger partial charge in [0.2, 0.25) is 0 Å². The van der Waals surface area contributed by atoms with Gasteiger partial charge >= 0.3 is 0 Å². The predicted octanol–water partition coefficient (Wildman–Crippen LogP) is 3.08. The van der Waals surface area contributed by atoms with Crippen molar-refractivity contribution in [1.82, 2.24) is 10.6 Å². The van der Waals surface area contributed by atoms with E-state index in [-0.39, 0.29) is 0 Å². The van der Waals surface area contributed by atoms with Crippen molar-refractivity contribution in [2.45, 2.75) is 43.9 Å². The number of hydrogen-bond acceptors (Lipinski definition) is 3. The van der Waals surface area contributed by atoms with E-state index in [9.17, 15) is 0 Å². The van der Waals surface area contributed by atoms with Crippen LogP contribution in [-0.4, -0.2) is 43.7 Å². The second-order valence-electron chi connectivity index (χ2n) is 5.80. The molecule has 1 aromatic rings. The molecule has 0 aliphatic heterocycles. The van der Waals surface area contributed by atoms with Gasteiger partial charge in [0, 0.05) is 24.9 Å². The van der Waals surface area contributed by atoms with Crippen molar-refractivity contribution in [3.8, 4) is 5.75 Å². The minimum Gasteiger partial charge on any atom is -0.494 e. The van der Waals surface area contributed by atoms with Gasteiger partial charge in [-0.2, -0.15) is 11.8 Å². The number of rotatable bonds is 7. The molecule has 1 aliphatic rings. The van der Waals surface area contributed by atoms with Crippen molar-refractivity contribution < 1.29 is 4.74 Å². The van der Waals surface area contributed by atoms with Crippen molar-refractivity contribution in [2.75, 3.05) is 26.5 Å². The van der Waals surface area contributed by atoms with Gasteiger partial charge in [-0.05, 0) is 50.5 Å². The molecule has 1 aromatic carbocycles. The van der Waals surface area contributed by atoms with Gasteiger partial charge in [0.1, 0.15) is 5.75 Å². The summed E-state index contributed by atoms with van der Waals surface area (Å²) in [5, 5.41) is 7.77. The van der Waals surface area contributed by atoms with Crippen molar-refractivity contribution in [3.63, 3.8) is 0 Å². The van der Waals surface area contributed by atoms with Gasteiger partial charge in [-0.3, -0.25) is 4.99 Å². The number of thioether (sulfide) groups is 1. The first-order valence-corrected chi connectivity index (χ1v) is 9.76. The largest absolute Gasteiger partial charge is 0.494 e. The Labute approximate surface area is 144 Å². The Morgan fingerprint density at radius 1 is 1.35 bits per heavy atom. The molecule has 0 saturated heterocycles. The van der Waals surface area contributed by atoms with Gasteiger partial charge in [-0.25, -0.2) is 0 Å². The summed E-state index contributed by atoms with van der Waals surface area (Å²) >= 11 is 1.98. The van der Waals surface area contributed by atoms with Crippen molar-refractivity contribution >= 4 is 17.7 Å². The third-order valence-corrected chi connectivity index (χ3v) is 5.34. The van der Waals surface area contributed by atoms with Crippen LogP contribution in [0.3, 0.4) is 0 Å². The number of hydrogen-bond donors (Lipinski definition) is 2. The van der Waals surface area contributed by atoms with E-state index in [4.69, 9.17) is 4.74 Å². The molecule has 2 rings (SSSR count). The highest BCUT2D eigenvalue weighted by Gasteiger charge is 2.24. The quantitative estimate of drug-likeness (QED) is 0.594. The number of aliphatic imine (C=N–C) groups is 1. The summed E-state index contributed by atoms with van der Waals surface area (Å²) in [6.45, 7) is 3.57. The molecule has 0 spiro atoms. The zero-order chi connectivity index (χ0) is 16.5. The summed E-state index contributed by atoms with van der Waals surface area (Å²) in [6.07, 6.45) is 6.90. The van der Waals surface area contributed by atoms with E-state index in [1.165, 1.54) is 24.8 Å². The molecule has 5 heteroatoms. The molecule has 4 nitrogen and oxygen atoms in total. The Kier molecular flexibility index (Phi) is 7.59. The lowest BCUT2D eigenvalue weighted by molar-refractivity contribution is 0.336. The van der Waals surface area contributed by atoms with E-state index in [1.807, 2.05) is 37.9 Å². The fraction of sp³-hybridized carbons (Fsp3) is 0.611. The maximum Gasteiger partial charge on any atom is 0.191 e. The fourth-order valence-electron chi connectivity index (χ4n) is 3.00. The van der Waals surface area contributed by atoms with Crippen LogP contribution in [-0.2, 0) is 6.42 Å². The minimum atomic E-state index is 0.550. The van der Waals surface area contributed by atoms with E-state index in [2.05, 4.69) is 34.0 Å². The number of guanidine groups is 1. The first-order valence-electron chi connectivity index (χ1n) is 8.47. The van der Waals surface area contributed by atoms with Crippen LogP contribution >= 0.6 is 11.8 Å². The minimum absolute atomic E-state index is 0.550. The molecule has 1 aliphatic carbocycles. The van der Waals surface area contributed by atoms with Gasteiger partial charge in [0.15, 0.2) is 5.96 Å². The first kappa shape index (κ1) is 18.0. The predicted molar refractivity (Wildman–Crippen MR) is 101 cm³/mol. The van der Waals surface area contributed by atoms with Crippen molar-refractivity contribution in [1.29, 1.82) is 0 Å². The molecule has 0 heterocycles. The zero-order valence-electron chi connectivity index (χ0n) is 14.5. The topological polar surface area (TPSA) is 45.6 Å². The molecule has 0 bridgehead atoms. The number of benzene rings is 1. The van der Waals surface area contributed by atoms with E-state index in [0.717, 1.165) is 29.9 Å². The number of nitrogens with one attached hydrogen (secondary N) is 2. The van der Waals surface area contributed by atoms with Gasteiger partial charge < -0.3 is 15.4 Å². The lowest BCUT2D eigenvalue weighted by Gasteiger charge is -2.17. The zero-order valence-corrected chi connectivity index (χ0v) is 15.3. The number of para-hydroxylation sites is 1. The summed E-state index contributed by atoms with van der Waals surface area (Å²) < 4.78 is 5.68. The van der Waals surface area contributed by atoms with E-state index >= 15 is 0 Å². The van der Waals surface area contributed by atoms with E-state index in [1.54, 1.807) is 0 Å². The fourth-order valence-corrected chi connectivity index (χ4v) is 3.79. The van der Waals surface area contributed by atoms with Crippen LogP contribution < -0.4 is 15.4 Å². The smallest absolute Gasteiger partial charge is 0.191 e. The van der Waals surface area contributed by atoms with Crippen LogP contribution in [0, 0.1) is 0 Å². The highest BCUT2D eigenvalue weighted by Crippen LogP contribution is 2.28. The SMILES string of the molecule is CCOc1ccccc1CCNC(=NC)NC1CCC(SC)C1. The van der Waals surface area contributed by atoms with Gasteiger partial charge in [-0.1, -0.05) is 18.2 Å². The second-order valence-corrected chi connectivity index (χ2v) is 6.94. The van der Waals surface area contributed by atoms with E-state index in [0.29, 0.717) is 12.6 Å². The molecule has 2 N–H and O–H groups in total. The summed E-state index contributed by atoms with van der Waals surface area (Å²) in [4.78, 5) is 4.35. The van der Waals surface area contributed by atoms with Crippen molar-refractivity contribution in [3.05, 3.63) is 29.8 Å². The van der Waals surface area contributed by atoms with Gasteiger partial charge in [-0.15, -0.1) is 0 Å². The Balaban J connectivity index is 1.78. The number of ether oxygens (including phenoxy) is 1. The number of nitrogens with zero attached hydrogens (tertiary/aromatic N) is 1. The summed E-state index contributed by atoms with van der Waals surface area (Å²) in [7, 11) is 1.84. The summed E-state index contributed by atoms with van der Waals surface area (Å²) in [6, 6.07) is 8.79. The van der Waals surface area contributed by atoms with Crippen LogP contribution in [0.2, 0.25) is 0 Å². The lowest BCUT2D eigenvalue weighted by atomic mass is 10.1. The highest BCUT2D eigenvalue weighted by molar-refractivity contribution is 7.99. The average Bonchev–Trinajstić information content (AvgIpc) is 3.03. The lowest BCUT2D eigenvalue weighted by Crippen LogP contribution is -2.43. The molecule has 2 atom stereocenters. The summed E-state index contributed by atoms with van der Waals surface area (Å²) in [5.41, 5.74) is 1.24. The molecule has 128 valence electrons. The monoisotopic (exact) mass is 335 g/mol. The van der Waals surface area contributed by atoms with Gasteiger partial charge in [0.25, 0.3) is 0 Å². The van der Waals surface area contributed by atoms with Crippen LogP contribution in [0.25, 0.3) is 0 Å². The van der Waals surface area contributed by atoms with Gasteiger partial charge in [0.05, 0.1) is 6.61 Å². The Hall–Kier alpha value is -1.36.